The van der Waals surface area contributed by atoms with Crippen molar-refractivity contribution in [3.63, 3.8) is 0 Å². The van der Waals surface area contributed by atoms with Gasteiger partial charge in [-0.3, -0.25) is 4.79 Å². The third kappa shape index (κ3) is 4.51. The highest BCUT2D eigenvalue weighted by molar-refractivity contribution is 5.95. The Morgan fingerprint density at radius 2 is 1.67 bits per heavy atom. The summed E-state index contributed by atoms with van der Waals surface area (Å²) < 4.78 is 10.5. The van der Waals surface area contributed by atoms with Gasteiger partial charge in [-0.05, 0) is 36.1 Å². The van der Waals surface area contributed by atoms with Gasteiger partial charge in [-0.2, -0.15) is 0 Å². The third-order valence-electron chi connectivity index (χ3n) is 3.86. The summed E-state index contributed by atoms with van der Waals surface area (Å²) in [6.45, 7) is 4.30. The lowest BCUT2D eigenvalue weighted by molar-refractivity contribution is 0.0931. The minimum Gasteiger partial charge on any atom is -0.493 e. The van der Waals surface area contributed by atoms with Crippen LogP contribution in [-0.2, 0) is 0 Å². The molecule has 128 valence electrons. The Bertz CT molecular complexity index is 668. The molecule has 2 rings (SSSR count). The summed E-state index contributed by atoms with van der Waals surface area (Å²) in [7, 11) is 3.14. The highest BCUT2D eigenvalue weighted by Gasteiger charge is 2.18. The quantitative estimate of drug-likeness (QED) is 0.828. The molecule has 0 aromatic heterocycles. The van der Waals surface area contributed by atoms with Crippen LogP contribution in [0.25, 0.3) is 0 Å². The largest absolute Gasteiger partial charge is 0.493 e. The minimum absolute atomic E-state index is 0.0215. The lowest BCUT2D eigenvalue weighted by atomic mass is 9.96. The number of rotatable bonds is 7. The first kappa shape index (κ1) is 17.9. The zero-order chi connectivity index (χ0) is 17.5. The van der Waals surface area contributed by atoms with Crippen LogP contribution in [0, 0.1) is 5.92 Å². The molecule has 0 saturated heterocycles. The fourth-order valence-corrected chi connectivity index (χ4v) is 2.65. The summed E-state index contributed by atoms with van der Waals surface area (Å²) in [6, 6.07) is 15.2. The van der Waals surface area contributed by atoms with E-state index in [1.807, 2.05) is 30.3 Å². The molecule has 0 aliphatic heterocycles. The molecule has 0 aliphatic carbocycles. The molecule has 0 radical (unpaired) electrons. The van der Waals surface area contributed by atoms with E-state index >= 15 is 0 Å². The molecular weight excluding hydrogens is 302 g/mol. The van der Waals surface area contributed by atoms with Gasteiger partial charge in [-0.25, -0.2) is 0 Å². The fraction of sp³-hybridized carbons (Fsp3) is 0.350. The predicted octanol–water partition coefficient (Wildman–Crippen LogP) is 4.22. The van der Waals surface area contributed by atoms with Crippen molar-refractivity contribution < 1.29 is 14.3 Å². The van der Waals surface area contributed by atoms with Crippen molar-refractivity contribution in [3.05, 3.63) is 59.7 Å². The van der Waals surface area contributed by atoms with E-state index < -0.39 is 0 Å². The molecule has 1 N–H and O–H groups in total. The number of benzene rings is 2. The average Bonchev–Trinajstić information content (AvgIpc) is 2.60. The monoisotopic (exact) mass is 327 g/mol. The molecule has 1 amide bonds. The Balaban J connectivity index is 2.21. The maximum absolute atomic E-state index is 12.7. The molecule has 0 unspecified atom stereocenters. The molecule has 0 spiro atoms. The third-order valence-corrected chi connectivity index (χ3v) is 3.86. The van der Waals surface area contributed by atoms with Crippen LogP contribution in [0.2, 0.25) is 0 Å². The number of hydrogen-bond acceptors (Lipinski definition) is 3. The van der Waals surface area contributed by atoms with Gasteiger partial charge in [0.15, 0.2) is 11.5 Å². The Morgan fingerprint density at radius 3 is 2.25 bits per heavy atom. The van der Waals surface area contributed by atoms with Gasteiger partial charge in [0, 0.05) is 5.56 Å². The Labute approximate surface area is 143 Å². The Morgan fingerprint density at radius 1 is 1.00 bits per heavy atom. The molecule has 0 heterocycles. The van der Waals surface area contributed by atoms with E-state index in [0.29, 0.717) is 23.0 Å². The molecule has 4 nitrogen and oxygen atoms in total. The molecule has 4 heteroatoms. The molecule has 24 heavy (non-hydrogen) atoms. The minimum atomic E-state index is -0.120. The summed E-state index contributed by atoms with van der Waals surface area (Å²) in [4.78, 5) is 12.7. The molecule has 0 aliphatic rings. The van der Waals surface area contributed by atoms with Gasteiger partial charge in [-0.1, -0.05) is 44.2 Å². The van der Waals surface area contributed by atoms with Crippen molar-refractivity contribution in [2.75, 3.05) is 14.2 Å². The van der Waals surface area contributed by atoms with Crippen LogP contribution in [0.15, 0.2) is 48.5 Å². The van der Waals surface area contributed by atoms with E-state index in [2.05, 4.69) is 19.2 Å². The summed E-state index contributed by atoms with van der Waals surface area (Å²) >= 11 is 0. The average molecular weight is 327 g/mol. The van der Waals surface area contributed by atoms with Crippen LogP contribution in [0.4, 0.5) is 0 Å². The summed E-state index contributed by atoms with van der Waals surface area (Å²) in [5.41, 5.74) is 1.66. The van der Waals surface area contributed by atoms with Gasteiger partial charge in [0.25, 0.3) is 5.91 Å². The predicted molar refractivity (Wildman–Crippen MR) is 95.7 cm³/mol. The van der Waals surface area contributed by atoms with Crippen molar-refractivity contribution in [2.24, 2.45) is 5.92 Å². The molecule has 0 saturated carbocycles. The maximum atomic E-state index is 12.7. The first-order chi connectivity index (χ1) is 11.5. The van der Waals surface area contributed by atoms with E-state index in [4.69, 9.17) is 9.47 Å². The molecule has 0 bridgehead atoms. The zero-order valence-corrected chi connectivity index (χ0v) is 14.7. The highest BCUT2D eigenvalue weighted by atomic mass is 16.5. The first-order valence-electron chi connectivity index (χ1n) is 8.13. The smallest absolute Gasteiger partial charge is 0.251 e. The van der Waals surface area contributed by atoms with Crippen molar-refractivity contribution in [3.8, 4) is 11.5 Å². The van der Waals surface area contributed by atoms with Gasteiger partial charge in [0.2, 0.25) is 0 Å². The zero-order valence-electron chi connectivity index (χ0n) is 14.7. The first-order valence-corrected chi connectivity index (χ1v) is 8.13. The molecular formula is C20H25NO3. The van der Waals surface area contributed by atoms with Crippen LogP contribution < -0.4 is 14.8 Å². The number of carbonyl (C=O) groups excluding carboxylic acids is 1. The van der Waals surface area contributed by atoms with E-state index in [-0.39, 0.29) is 11.9 Å². The number of carbonyl (C=O) groups is 1. The van der Waals surface area contributed by atoms with Gasteiger partial charge >= 0.3 is 0 Å². The summed E-state index contributed by atoms with van der Waals surface area (Å²) in [5, 5.41) is 3.13. The van der Waals surface area contributed by atoms with E-state index in [9.17, 15) is 4.79 Å². The lowest BCUT2D eigenvalue weighted by Gasteiger charge is -2.21. The second kappa shape index (κ2) is 8.39. The van der Waals surface area contributed by atoms with Crippen LogP contribution in [0.5, 0.6) is 11.5 Å². The van der Waals surface area contributed by atoms with Crippen molar-refractivity contribution in [1.82, 2.24) is 5.32 Å². The maximum Gasteiger partial charge on any atom is 0.251 e. The van der Waals surface area contributed by atoms with E-state index in [0.717, 1.165) is 12.0 Å². The van der Waals surface area contributed by atoms with Crippen molar-refractivity contribution in [2.45, 2.75) is 26.3 Å². The van der Waals surface area contributed by atoms with Crippen LogP contribution in [0.3, 0.4) is 0 Å². The second-order valence-corrected chi connectivity index (χ2v) is 6.14. The van der Waals surface area contributed by atoms with Gasteiger partial charge in [-0.15, -0.1) is 0 Å². The van der Waals surface area contributed by atoms with E-state index in [1.54, 1.807) is 32.4 Å². The molecule has 0 fully saturated rings. The normalized spacial score (nSPS) is 11.9. The van der Waals surface area contributed by atoms with Crippen LogP contribution >= 0.6 is 0 Å². The Hall–Kier alpha value is -2.49. The molecule has 1 atom stereocenters. The fourth-order valence-electron chi connectivity index (χ4n) is 2.65. The lowest BCUT2D eigenvalue weighted by Crippen LogP contribution is -2.29. The number of hydrogen-bond donors (Lipinski definition) is 1. The second-order valence-electron chi connectivity index (χ2n) is 6.14. The molecule has 2 aromatic carbocycles. The Kier molecular flexibility index (Phi) is 6.24. The number of methoxy groups -OCH3 is 2. The van der Waals surface area contributed by atoms with Crippen molar-refractivity contribution in [1.29, 1.82) is 0 Å². The number of ether oxygens (including phenoxy) is 2. The molecule has 2 aromatic rings. The topological polar surface area (TPSA) is 47.6 Å². The van der Waals surface area contributed by atoms with Gasteiger partial charge in [0.05, 0.1) is 20.3 Å². The van der Waals surface area contributed by atoms with E-state index in [1.165, 1.54) is 0 Å². The van der Waals surface area contributed by atoms with Gasteiger partial charge < -0.3 is 14.8 Å². The van der Waals surface area contributed by atoms with Crippen LogP contribution in [0.1, 0.15) is 42.2 Å². The standard InChI is InChI=1S/C20H25NO3/c1-14(2)12-17(15-8-6-5-7-9-15)21-20(22)16-10-11-18(23-3)19(13-16)24-4/h5-11,13-14,17H,12H2,1-4H3,(H,21,22)/t17-/m1/s1. The summed E-state index contributed by atoms with van der Waals surface area (Å²) in [5.74, 6) is 1.51. The number of nitrogens with one attached hydrogen (secondary N) is 1. The highest BCUT2D eigenvalue weighted by Crippen LogP contribution is 2.28. The van der Waals surface area contributed by atoms with Gasteiger partial charge in [0.1, 0.15) is 0 Å². The number of amides is 1. The SMILES string of the molecule is COc1ccc(C(=O)N[C@H](CC(C)C)c2ccccc2)cc1OC. The summed E-state index contributed by atoms with van der Waals surface area (Å²) in [6.07, 6.45) is 0.878. The van der Waals surface area contributed by atoms with Crippen LogP contribution in [-0.4, -0.2) is 20.1 Å². The van der Waals surface area contributed by atoms with Crippen molar-refractivity contribution >= 4 is 5.91 Å².